The molecular formula is C26H24N6O3. The zero-order valence-corrected chi connectivity index (χ0v) is 19.5. The van der Waals surface area contributed by atoms with Crippen molar-refractivity contribution in [1.29, 1.82) is 0 Å². The molecule has 0 aliphatic rings. The van der Waals surface area contributed by atoms with E-state index in [1.165, 1.54) is 11.8 Å². The summed E-state index contributed by atoms with van der Waals surface area (Å²) in [6, 6.07) is 19.6. The number of rotatable bonds is 6. The number of hydrogen-bond donors (Lipinski definition) is 1. The third-order valence-corrected chi connectivity index (χ3v) is 5.84. The van der Waals surface area contributed by atoms with Crippen molar-refractivity contribution in [3.8, 4) is 17.3 Å². The summed E-state index contributed by atoms with van der Waals surface area (Å²) in [4.78, 5) is 26.9. The van der Waals surface area contributed by atoms with Gasteiger partial charge >= 0.3 is 0 Å². The van der Waals surface area contributed by atoms with Crippen molar-refractivity contribution < 1.29 is 9.53 Å². The van der Waals surface area contributed by atoms with Crippen molar-refractivity contribution in [1.82, 2.24) is 24.1 Å². The first-order chi connectivity index (χ1) is 17.0. The van der Waals surface area contributed by atoms with Gasteiger partial charge in [-0.25, -0.2) is 9.36 Å². The third-order valence-electron chi connectivity index (χ3n) is 5.84. The lowest BCUT2D eigenvalue weighted by Crippen LogP contribution is -2.34. The molecule has 5 aromatic rings. The van der Waals surface area contributed by atoms with E-state index in [4.69, 9.17) is 9.84 Å². The van der Waals surface area contributed by atoms with Crippen LogP contribution in [-0.2, 0) is 4.79 Å². The number of methoxy groups -OCH3 is 1. The number of aryl methyl sites for hydroxylation is 1. The van der Waals surface area contributed by atoms with Gasteiger partial charge in [0.25, 0.3) is 5.56 Å². The number of nitrogens with zero attached hydrogens (tertiary/aromatic N) is 5. The summed E-state index contributed by atoms with van der Waals surface area (Å²) < 4.78 is 10.1. The second-order valence-corrected chi connectivity index (χ2v) is 8.09. The minimum atomic E-state index is -0.881. The van der Waals surface area contributed by atoms with Gasteiger partial charge in [-0.15, -0.1) is 0 Å². The van der Waals surface area contributed by atoms with E-state index >= 15 is 0 Å². The summed E-state index contributed by atoms with van der Waals surface area (Å²) in [5.41, 5.74) is 1.94. The highest BCUT2D eigenvalue weighted by molar-refractivity contribution is 5.95. The molecule has 1 amide bonds. The smallest absolute Gasteiger partial charge is 0.280 e. The highest BCUT2D eigenvalue weighted by Crippen LogP contribution is 2.26. The van der Waals surface area contributed by atoms with E-state index in [-0.39, 0.29) is 5.91 Å². The van der Waals surface area contributed by atoms with Gasteiger partial charge in [0.15, 0.2) is 5.82 Å². The number of hydrogen-bond acceptors (Lipinski definition) is 5. The summed E-state index contributed by atoms with van der Waals surface area (Å²) in [5, 5.41) is 12.4. The van der Waals surface area contributed by atoms with Crippen LogP contribution in [0.1, 0.15) is 18.7 Å². The molecule has 9 nitrogen and oxygen atoms in total. The molecule has 9 heteroatoms. The van der Waals surface area contributed by atoms with Crippen molar-refractivity contribution in [3.05, 3.63) is 95.2 Å². The van der Waals surface area contributed by atoms with Crippen LogP contribution in [0.4, 0.5) is 5.69 Å². The quantitative estimate of drug-likeness (QED) is 0.408. The Bertz CT molecular complexity index is 1570. The molecule has 176 valence electrons. The second-order valence-electron chi connectivity index (χ2n) is 8.09. The summed E-state index contributed by atoms with van der Waals surface area (Å²) in [6.07, 6.45) is 3.71. The molecule has 0 aliphatic carbocycles. The van der Waals surface area contributed by atoms with E-state index in [0.29, 0.717) is 33.9 Å². The van der Waals surface area contributed by atoms with Crippen LogP contribution in [0.25, 0.3) is 22.4 Å². The Balaban J connectivity index is 1.66. The van der Waals surface area contributed by atoms with Gasteiger partial charge in [0.05, 0.1) is 24.2 Å². The fourth-order valence-corrected chi connectivity index (χ4v) is 4.05. The molecule has 0 radical (unpaired) electrons. The highest BCUT2D eigenvalue weighted by Gasteiger charge is 2.25. The van der Waals surface area contributed by atoms with Gasteiger partial charge in [0.1, 0.15) is 22.7 Å². The summed E-state index contributed by atoms with van der Waals surface area (Å²) in [7, 11) is 1.53. The van der Waals surface area contributed by atoms with Gasteiger partial charge in [-0.1, -0.05) is 30.3 Å². The molecule has 35 heavy (non-hydrogen) atoms. The largest absolute Gasteiger partial charge is 0.495 e. The first-order valence-corrected chi connectivity index (χ1v) is 11.1. The van der Waals surface area contributed by atoms with Crippen LogP contribution in [0.5, 0.6) is 5.75 Å². The number of benzene rings is 2. The fraction of sp³-hybridized carbons (Fsp3) is 0.154. The molecule has 1 N–H and O–H groups in total. The second kappa shape index (κ2) is 8.94. The minimum Gasteiger partial charge on any atom is -0.495 e. The average Bonchev–Trinajstić information content (AvgIpc) is 3.55. The van der Waals surface area contributed by atoms with E-state index in [9.17, 15) is 9.59 Å². The molecule has 0 aliphatic heterocycles. The standard InChI is InChI=1S/C26H24N6O3/c1-17-23-22(25(30-15-9-10-16-30)32(29-23)19-11-5-4-6-12-19)26(34)31(28-17)18(2)24(33)27-20-13-7-8-14-21(20)35-3/h4-16,18H,1-3H3,(H,27,33)/t18-/m0/s1. The zero-order valence-electron chi connectivity index (χ0n) is 19.5. The number of anilines is 1. The van der Waals surface area contributed by atoms with Crippen LogP contribution in [0.3, 0.4) is 0 Å². The number of nitrogens with one attached hydrogen (secondary N) is 1. The first kappa shape index (κ1) is 22.1. The molecule has 3 heterocycles. The van der Waals surface area contributed by atoms with E-state index in [0.717, 1.165) is 5.69 Å². The number of para-hydroxylation sites is 3. The van der Waals surface area contributed by atoms with Crippen LogP contribution in [0, 0.1) is 6.92 Å². The number of carbonyl (C=O) groups is 1. The van der Waals surface area contributed by atoms with Crippen molar-refractivity contribution in [2.45, 2.75) is 19.9 Å². The third kappa shape index (κ3) is 3.86. The topological polar surface area (TPSA) is 96.0 Å². The van der Waals surface area contributed by atoms with Crippen molar-refractivity contribution in [2.24, 2.45) is 0 Å². The first-order valence-electron chi connectivity index (χ1n) is 11.1. The van der Waals surface area contributed by atoms with Crippen LogP contribution in [0.2, 0.25) is 0 Å². The van der Waals surface area contributed by atoms with E-state index in [1.54, 1.807) is 36.7 Å². The van der Waals surface area contributed by atoms with Crippen molar-refractivity contribution in [3.63, 3.8) is 0 Å². The summed E-state index contributed by atoms with van der Waals surface area (Å²) in [5.74, 6) is 0.720. The van der Waals surface area contributed by atoms with Crippen LogP contribution in [-0.4, -0.2) is 37.1 Å². The zero-order chi connectivity index (χ0) is 24.5. The van der Waals surface area contributed by atoms with Crippen molar-refractivity contribution >= 4 is 22.5 Å². The number of fused-ring (bicyclic) bond motifs is 1. The molecule has 0 saturated heterocycles. The Morgan fingerprint density at radius 3 is 2.37 bits per heavy atom. The van der Waals surface area contributed by atoms with Crippen LogP contribution >= 0.6 is 0 Å². The molecular weight excluding hydrogens is 444 g/mol. The van der Waals surface area contributed by atoms with Gasteiger partial charge in [0, 0.05) is 12.4 Å². The lowest BCUT2D eigenvalue weighted by Gasteiger charge is -2.16. The maximum absolute atomic E-state index is 13.8. The SMILES string of the molecule is COc1ccccc1NC(=O)[C@H](C)n1nc(C)c2nn(-c3ccccc3)c(-n3cccc3)c2c1=O. The van der Waals surface area contributed by atoms with Gasteiger partial charge < -0.3 is 14.6 Å². The fourth-order valence-electron chi connectivity index (χ4n) is 4.05. The van der Waals surface area contributed by atoms with Gasteiger partial charge in [-0.2, -0.15) is 10.2 Å². The number of aromatic nitrogens is 5. The normalized spacial score (nSPS) is 12.0. The predicted octanol–water partition coefficient (Wildman–Crippen LogP) is 3.89. The number of ether oxygens (including phenoxy) is 1. The Labute approximate surface area is 201 Å². The van der Waals surface area contributed by atoms with E-state index in [2.05, 4.69) is 10.4 Å². The molecule has 2 aromatic carbocycles. The van der Waals surface area contributed by atoms with Gasteiger partial charge in [-0.05, 0) is 50.2 Å². The van der Waals surface area contributed by atoms with Crippen LogP contribution in [0.15, 0.2) is 83.9 Å². The predicted molar refractivity (Wildman–Crippen MR) is 134 cm³/mol. The molecule has 0 saturated carbocycles. The lowest BCUT2D eigenvalue weighted by molar-refractivity contribution is -0.119. The molecule has 5 rings (SSSR count). The molecule has 0 spiro atoms. The Morgan fingerprint density at radius 1 is 0.971 bits per heavy atom. The Hall–Kier alpha value is -4.66. The maximum Gasteiger partial charge on any atom is 0.280 e. The Morgan fingerprint density at radius 2 is 1.66 bits per heavy atom. The summed E-state index contributed by atoms with van der Waals surface area (Å²) in [6.45, 7) is 3.42. The molecule has 0 bridgehead atoms. The van der Waals surface area contributed by atoms with Gasteiger partial charge in [0.2, 0.25) is 5.91 Å². The average molecular weight is 469 g/mol. The number of carbonyl (C=O) groups excluding carboxylic acids is 1. The Kier molecular flexibility index (Phi) is 5.66. The molecule has 0 fully saturated rings. The number of amides is 1. The molecule has 3 aromatic heterocycles. The van der Waals surface area contributed by atoms with Gasteiger partial charge in [-0.3, -0.25) is 9.59 Å². The van der Waals surface area contributed by atoms with Crippen molar-refractivity contribution in [2.75, 3.05) is 12.4 Å². The highest BCUT2D eigenvalue weighted by atomic mass is 16.5. The van der Waals surface area contributed by atoms with E-state index in [1.807, 2.05) is 65.5 Å². The lowest BCUT2D eigenvalue weighted by atomic mass is 10.2. The molecule has 1 atom stereocenters. The maximum atomic E-state index is 13.8. The van der Waals surface area contributed by atoms with Crippen LogP contribution < -0.4 is 15.6 Å². The van der Waals surface area contributed by atoms with E-state index < -0.39 is 11.6 Å². The molecule has 0 unspecified atom stereocenters. The summed E-state index contributed by atoms with van der Waals surface area (Å²) >= 11 is 0. The monoisotopic (exact) mass is 468 g/mol. The minimum absolute atomic E-state index is 0.384.